The van der Waals surface area contributed by atoms with Crippen LogP contribution in [0.15, 0.2) is 72.9 Å². The van der Waals surface area contributed by atoms with Crippen LogP contribution in [-0.4, -0.2) is 72.9 Å². The Morgan fingerprint density at radius 3 is 2.46 bits per heavy atom. The number of hydrogen-bond acceptors (Lipinski definition) is 9. The van der Waals surface area contributed by atoms with Gasteiger partial charge in [-0.05, 0) is 76.0 Å². The molecule has 0 spiro atoms. The summed E-state index contributed by atoms with van der Waals surface area (Å²) >= 11 is 0. The maximum Gasteiger partial charge on any atom is 0.271 e. The predicted octanol–water partition coefficient (Wildman–Crippen LogP) is 3.36. The number of para-hydroxylation sites is 1. The average Bonchev–Trinajstić information content (AvgIpc) is 2.94. The zero-order valence-electron chi connectivity index (χ0n) is 22.6. The van der Waals surface area contributed by atoms with Crippen molar-refractivity contribution in [3.05, 3.63) is 78.6 Å². The van der Waals surface area contributed by atoms with Gasteiger partial charge in [0.2, 0.25) is 0 Å². The number of nitrogens with two attached hydrogens (primary N) is 1. The molecular formula is C29H35N7O3. The molecule has 4 rings (SSSR count). The molecule has 10 heteroatoms. The molecule has 0 unspecified atom stereocenters. The minimum Gasteiger partial charge on any atom is -0.457 e. The molecule has 0 saturated carbocycles. The highest BCUT2D eigenvalue weighted by atomic mass is 16.5. The molecule has 39 heavy (non-hydrogen) atoms. The van der Waals surface area contributed by atoms with Crippen molar-refractivity contribution in [2.24, 2.45) is 5.73 Å². The summed E-state index contributed by atoms with van der Waals surface area (Å²) in [7, 11) is 5.73. The van der Waals surface area contributed by atoms with E-state index in [1.807, 2.05) is 91.6 Å². The number of carbonyl (C=O) groups is 2. The van der Waals surface area contributed by atoms with Gasteiger partial charge in [-0.15, -0.1) is 0 Å². The fraction of sp³-hybridized carbons (Fsp3) is 0.310. The Labute approximate surface area is 228 Å². The smallest absolute Gasteiger partial charge is 0.271 e. The lowest BCUT2D eigenvalue weighted by atomic mass is 9.84. The van der Waals surface area contributed by atoms with Crippen LogP contribution in [0.1, 0.15) is 23.3 Å². The highest BCUT2D eigenvalue weighted by molar-refractivity contribution is 6.01. The molecule has 0 aliphatic carbocycles. The molecule has 1 amide bonds. The van der Waals surface area contributed by atoms with Crippen LogP contribution < -0.4 is 26.0 Å². The summed E-state index contributed by atoms with van der Waals surface area (Å²) in [4.78, 5) is 38.5. The van der Waals surface area contributed by atoms with Gasteiger partial charge in [0.1, 0.15) is 22.9 Å². The normalized spacial score (nSPS) is 17.2. The SMILES string of the molecule is CN(C)C/C=C/C(=O)[C@@]1(N(C)c2cnc(C(N)=O)c(Nc3ccc(Oc4ccccc4)cc3)n2)CCCNC1. The Morgan fingerprint density at radius 1 is 1.10 bits per heavy atom. The monoisotopic (exact) mass is 529 g/mol. The van der Waals surface area contributed by atoms with Crippen LogP contribution in [0.5, 0.6) is 11.5 Å². The second kappa shape index (κ2) is 12.5. The van der Waals surface area contributed by atoms with Gasteiger partial charge < -0.3 is 30.9 Å². The molecule has 1 aliphatic heterocycles. The van der Waals surface area contributed by atoms with Crippen molar-refractivity contribution in [2.75, 3.05) is 51.0 Å². The van der Waals surface area contributed by atoms with Crippen LogP contribution in [0.3, 0.4) is 0 Å². The number of likely N-dealkylation sites (N-methyl/N-ethyl adjacent to an activating group) is 2. The number of amides is 1. The standard InChI is InChI=1S/C29H35N7O3/c1-35(2)18-7-11-24(37)29(16-8-17-31-20-29)36(3)25-19-32-26(27(30)38)28(34-25)33-21-12-14-23(15-13-21)39-22-9-5-4-6-10-22/h4-7,9-15,19,31H,8,16-18,20H2,1-3H3,(H2,30,38)(H,33,34)/b11-7+/t29-/m1/s1. The third-order valence-electron chi connectivity index (χ3n) is 6.63. The predicted molar refractivity (Wildman–Crippen MR) is 153 cm³/mol. The molecule has 0 radical (unpaired) electrons. The number of hydrogen-bond donors (Lipinski definition) is 3. The van der Waals surface area contributed by atoms with E-state index in [0.29, 0.717) is 36.8 Å². The van der Waals surface area contributed by atoms with E-state index >= 15 is 0 Å². The summed E-state index contributed by atoms with van der Waals surface area (Å²) in [5, 5.41) is 6.51. The van der Waals surface area contributed by atoms with Crippen molar-refractivity contribution >= 4 is 29.0 Å². The number of rotatable bonds is 11. The molecule has 1 fully saturated rings. The van der Waals surface area contributed by atoms with E-state index in [0.717, 1.165) is 18.7 Å². The van der Waals surface area contributed by atoms with E-state index in [-0.39, 0.29) is 17.3 Å². The lowest BCUT2D eigenvalue weighted by molar-refractivity contribution is -0.120. The van der Waals surface area contributed by atoms with Crippen LogP contribution in [-0.2, 0) is 4.79 Å². The summed E-state index contributed by atoms with van der Waals surface area (Å²) in [6.45, 7) is 1.97. The summed E-state index contributed by atoms with van der Waals surface area (Å²) in [6, 6.07) is 16.7. The number of carbonyl (C=O) groups excluding carboxylic acids is 2. The number of benzene rings is 2. The molecule has 1 saturated heterocycles. The molecule has 10 nitrogen and oxygen atoms in total. The number of nitrogens with zero attached hydrogens (tertiary/aromatic N) is 4. The molecule has 0 bridgehead atoms. The van der Waals surface area contributed by atoms with E-state index in [1.54, 1.807) is 6.08 Å². The third-order valence-corrected chi connectivity index (χ3v) is 6.63. The van der Waals surface area contributed by atoms with Crippen LogP contribution in [0.2, 0.25) is 0 Å². The molecule has 1 atom stereocenters. The van der Waals surface area contributed by atoms with Crippen molar-refractivity contribution in [2.45, 2.75) is 18.4 Å². The maximum absolute atomic E-state index is 13.5. The fourth-order valence-corrected chi connectivity index (χ4v) is 4.47. The number of anilines is 3. The largest absolute Gasteiger partial charge is 0.457 e. The second-order valence-electron chi connectivity index (χ2n) is 9.75. The van der Waals surface area contributed by atoms with Gasteiger partial charge in [-0.2, -0.15) is 0 Å². The summed E-state index contributed by atoms with van der Waals surface area (Å²) in [6.07, 6.45) is 6.49. The molecule has 204 valence electrons. The molecule has 3 aromatic rings. The summed E-state index contributed by atoms with van der Waals surface area (Å²) in [5.74, 6) is 1.33. The van der Waals surface area contributed by atoms with Gasteiger partial charge in [-0.1, -0.05) is 24.3 Å². The van der Waals surface area contributed by atoms with Crippen molar-refractivity contribution in [3.63, 3.8) is 0 Å². The number of ether oxygens (including phenoxy) is 1. The Bertz CT molecular complexity index is 1300. The molecule has 4 N–H and O–H groups in total. The van der Waals surface area contributed by atoms with E-state index in [9.17, 15) is 9.59 Å². The average molecular weight is 530 g/mol. The minimum absolute atomic E-state index is 0.00443. The minimum atomic E-state index is -0.836. The highest BCUT2D eigenvalue weighted by Gasteiger charge is 2.43. The Balaban J connectivity index is 1.59. The summed E-state index contributed by atoms with van der Waals surface area (Å²) in [5.41, 5.74) is 5.45. The highest BCUT2D eigenvalue weighted by Crippen LogP contribution is 2.31. The van der Waals surface area contributed by atoms with Crippen LogP contribution in [0.4, 0.5) is 17.3 Å². The van der Waals surface area contributed by atoms with Crippen molar-refractivity contribution in [1.29, 1.82) is 0 Å². The van der Waals surface area contributed by atoms with Crippen LogP contribution >= 0.6 is 0 Å². The Kier molecular flexibility index (Phi) is 8.90. The zero-order valence-corrected chi connectivity index (χ0v) is 22.6. The Hall–Kier alpha value is -4.28. The van der Waals surface area contributed by atoms with E-state index < -0.39 is 11.4 Å². The summed E-state index contributed by atoms with van der Waals surface area (Å²) < 4.78 is 5.86. The van der Waals surface area contributed by atoms with Gasteiger partial charge in [-0.3, -0.25) is 9.59 Å². The number of nitrogens with one attached hydrogen (secondary N) is 2. The first-order valence-electron chi connectivity index (χ1n) is 12.9. The quantitative estimate of drug-likeness (QED) is 0.321. The first-order valence-corrected chi connectivity index (χ1v) is 12.9. The van der Waals surface area contributed by atoms with Gasteiger partial charge in [0, 0.05) is 25.8 Å². The molecule has 2 aromatic carbocycles. The maximum atomic E-state index is 13.5. The number of piperidine rings is 1. The molecule has 2 heterocycles. The second-order valence-corrected chi connectivity index (χ2v) is 9.75. The van der Waals surface area contributed by atoms with E-state index in [4.69, 9.17) is 15.5 Å². The van der Waals surface area contributed by atoms with Gasteiger partial charge in [-0.25, -0.2) is 9.97 Å². The van der Waals surface area contributed by atoms with Crippen molar-refractivity contribution in [3.8, 4) is 11.5 Å². The van der Waals surface area contributed by atoms with Crippen LogP contribution in [0.25, 0.3) is 0 Å². The molecular weight excluding hydrogens is 494 g/mol. The van der Waals surface area contributed by atoms with Crippen molar-refractivity contribution < 1.29 is 14.3 Å². The molecule has 1 aromatic heterocycles. The van der Waals surface area contributed by atoms with E-state index in [2.05, 4.69) is 15.6 Å². The zero-order chi connectivity index (χ0) is 27.8. The lowest BCUT2D eigenvalue weighted by Gasteiger charge is -2.43. The number of primary amides is 1. The number of aromatic nitrogens is 2. The fourth-order valence-electron chi connectivity index (χ4n) is 4.47. The van der Waals surface area contributed by atoms with E-state index in [1.165, 1.54) is 6.20 Å². The van der Waals surface area contributed by atoms with Gasteiger partial charge in [0.05, 0.1) is 6.20 Å². The first kappa shape index (κ1) is 27.7. The third kappa shape index (κ3) is 6.78. The first-order chi connectivity index (χ1) is 18.8. The van der Waals surface area contributed by atoms with Crippen molar-refractivity contribution in [1.82, 2.24) is 20.2 Å². The molecule has 1 aliphatic rings. The lowest BCUT2D eigenvalue weighted by Crippen LogP contribution is -2.61. The topological polar surface area (TPSA) is 126 Å². The van der Waals surface area contributed by atoms with Gasteiger partial charge >= 0.3 is 0 Å². The van der Waals surface area contributed by atoms with Crippen LogP contribution in [0, 0.1) is 0 Å². The van der Waals surface area contributed by atoms with Gasteiger partial charge in [0.25, 0.3) is 5.91 Å². The Morgan fingerprint density at radius 2 is 1.82 bits per heavy atom. The van der Waals surface area contributed by atoms with Gasteiger partial charge in [0.15, 0.2) is 17.3 Å². The number of ketones is 1.